The quantitative estimate of drug-likeness (QED) is 0.807. The molecule has 0 aromatic heterocycles. The van der Waals surface area contributed by atoms with Gasteiger partial charge in [-0.05, 0) is 24.3 Å². The summed E-state index contributed by atoms with van der Waals surface area (Å²) in [5.74, 6) is 0.325. The molecule has 4 nitrogen and oxygen atoms in total. The summed E-state index contributed by atoms with van der Waals surface area (Å²) < 4.78 is 22.9. The van der Waals surface area contributed by atoms with Crippen LogP contribution >= 0.6 is 0 Å². The average molecular weight is 210 g/mol. The van der Waals surface area contributed by atoms with Crippen molar-refractivity contribution in [3.05, 3.63) is 30.1 Å². The predicted octanol–water partition coefficient (Wildman–Crippen LogP) is 0.918. The molecule has 5 heteroatoms. The summed E-state index contributed by atoms with van der Waals surface area (Å²) in [5, 5.41) is 0. The lowest BCUT2D eigenvalue weighted by atomic mass is 10.3. The molecule has 0 saturated carbocycles. The van der Waals surface area contributed by atoms with E-state index in [1.807, 2.05) is 0 Å². The first-order chi connectivity index (χ1) is 7.24. The van der Waals surface area contributed by atoms with Crippen molar-refractivity contribution in [2.24, 2.45) is 10.7 Å². The normalized spacial score (nSPS) is 19.5. The molecule has 1 aliphatic heterocycles. The van der Waals surface area contributed by atoms with E-state index in [1.165, 1.54) is 12.1 Å². The van der Waals surface area contributed by atoms with Gasteiger partial charge in [-0.25, -0.2) is 9.38 Å². The van der Waals surface area contributed by atoms with Crippen molar-refractivity contribution in [1.82, 2.24) is 0 Å². The van der Waals surface area contributed by atoms with E-state index in [0.29, 0.717) is 19.0 Å². The number of halogens is 1. The molecule has 1 aromatic carbocycles. The zero-order valence-corrected chi connectivity index (χ0v) is 8.02. The summed E-state index contributed by atoms with van der Waals surface area (Å²) in [5.41, 5.74) is 5.34. The number of hydrogen-bond acceptors (Lipinski definition) is 4. The van der Waals surface area contributed by atoms with Crippen molar-refractivity contribution in [2.75, 3.05) is 13.2 Å². The number of amidine groups is 1. The van der Waals surface area contributed by atoms with Crippen molar-refractivity contribution in [2.45, 2.75) is 6.04 Å². The SMILES string of the molecule is NC1=N[C@H](COc2ccc(F)cc2)CO1. The minimum Gasteiger partial charge on any atom is -0.491 e. The number of aliphatic imine (C=N–C) groups is 1. The molecule has 1 aromatic rings. The summed E-state index contributed by atoms with van der Waals surface area (Å²) in [6.07, 6.45) is 0. The number of nitrogens with two attached hydrogens (primary N) is 1. The molecule has 2 N–H and O–H groups in total. The summed E-state index contributed by atoms with van der Waals surface area (Å²) in [4.78, 5) is 3.99. The maximum atomic E-state index is 12.6. The van der Waals surface area contributed by atoms with Crippen LogP contribution in [0.2, 0.25) is 0 Å². The molecular weight excluding hydrogens is 199 g/mol. The van der Waals surface area contributed by atoms with Gasteiger partial charge in [-0.1, -0.05) is 0 Å². The Balaban J connectivity index is 1.86. The molecule has 1 heterocycles. The highest BCUT2D eigenvalue weighted by Gasteiger charge is 2.16. The number of rotatable bonds is 3. The van der Waals surface area contributed by atoms with E-state index >= 15 is 0 Å². The summed E-state index contributed by atoms with van der Waals surface area (Å²) >= 11 is 0. The Morgan fingerprint density at radius 1 is 1.47 bits per heavy atom. The molecule has 0 spiro atoms. The standard InChI is InChI=1S/C10H11FN2O2/c11-7-1-3-9(4-2-7)14-5-8-6-15-10(12)13-8/h1-4,8H,5-6H2,(H2,12,13)/t8-/m1/s1. The Bertz CT molecular complexity index is 364. The third kappa shape index (κ3) is 2.59. The monoisotopic (exact) mass is 210 g/mol. The molecule has 1 atom stereocenters. The third-order valence-electron chi connectivity index (χ3n) is 1.99. The molecule has 0 saturated heterocycles. The van der Waals surface area contributed by atoms with Crippen LogP contribution in [-0.2, 0) is 4.74 Å². The zero-order valence-electron chi connectivity index (χ0n) is 8.02. The largest absolute Gasteiger partial charge is 0.491 e. The van der Waals surface area contributed by atoms with Crippen molar-refractivity contribution in [3.63, 3.8) is 0 Å². The Labute approximate surface area is 86.5 Å². The fourth-order valence-corrected chi connectivity index (χ4v) is 1.24. The Kier molecular flexibility index (Phi) is 2.71. The van der Waals surface area contributed by atoms with Gasteiger partial charge in [0.25, 0.3) is 6.02 Å². The van der Waals surface area contributed by atoms with Gasteiger partial charge >= 0.3 is 0 Å². The minimum absolute atomic E-state index is 0.0740. The fraction of sp³-hybridized carbons (Fsp3) is 0.300. The fourth-order valence-electron chi connectivity index (χ4n) is 1.24. The van der Waals surface area contributed by atoms with E-state index < -0.39 is 0 Å². The second kappa shape index (κ2) is 4.16. The lowest BCUT2D eigenvalue weighted by Gasteiger charge is -2.07. The highest BCUT2D eigenvalue weighted by Crippen LogP contribution is 2.12. The van der Waals surface area contributed by atoms with E-state index in [4.69, 9.17) is 15.2 Å². The molecular formula is C10H11FN2O2. The summed E-state index contributed by atoms with van der Waals surface area (Å²) in [7, 11) is 0. The van der Waals surface area contributed by atoms with Crippen molar-refractivity contribution in [1.29, 1.82) is 0 Å². The van der Waals surface area contributed by atoms with Crippen LogP contribution in [0.1, 0.15) is 0 Å². The Morgan fingerprint density at radius 2 is 2.20 bits per heavy atom. The first-order valence-corrected chi connectivity index (χ1v) is 4.58. The minimum atomic E-state index is -0.284. The van der Waals surface area contributed by atoms with E-state index in [9.17, 15) is 4.39 Å². The first kappa shape index (κ1) is 9.76. The molecule has 15 heavy (non-hydrogen) atoms. The molecule has 0 bridgehead atoms. The molecule has 0 fully saturated rings. The van der Waals surface area contributed by atoms with Gasteiger partial charge in [0.1, 0.15) is 30.8 Å². The summed E-state index contributed by atoms with van der Waals surface area (Å²) in [6.45, 7) is 0.819. The first-order valence-electron chi connectivity index (χ1n) is 4.58. The van der Waals surface area contributed by atoms with Gasteiger partial charge in [0.05, 0.1) is 0 Å². The van der Waals surface area contributed by atoms with Gasteiger partial charge in [-0.2, -0.15) is 0 Å². The molecule has 2 rings (SSSR count). The molecule has 1 aliphatic rings. The van der Waals surface area contributed by atoms with Gasteiger partial charge in [0, 0.05) is 0 Å². The Morgan fingerprint density at radius 3 is 2.80 bits per heavy atom. The molecule has 0 unspecified atom stereocenters. The topological polar surface area (TPSA) is 56.8 Å². The van der Waals surface area contributed by atoms with Crippen molar-refractivity contribution >= 4 is 6.02 Å². The smallest absolute Gasteiger partial charge is 0.282 e. The lowest BCUT2D eigenvalue weighted by molar-refractivity contribution is 0.241. The van der Waals surface area contributed by atoms with E-state index in [-0.39, 0.29) is 17.9 Å². The van der Waals surface area contributed by atoms with Crippen LogP contribution in [0.3, 0.4) is 0 Å². The van der Waals surface area contributed by atoms with Gasteiger partial charge in [0.15, 0.2) is 0 Å². The molecule has 0 aliphatic carbocycles. The van der Waals surface area contributed by atoms with E-state index in [2.05, 4.69) is 4.99 Å². The lowest BCUT2D eigenvalue weighted by Crippen LogP contribution is -2.17. The second-order valence-corrected chi connectivity index (χ2v) is 3.20. The summed E-state index contributed by atoms with van der Waals surface area (Å²) in [6, 6.07) is 5.95. The Hall–Kier alpha value is -1.78. The van der Waals surface area contributed by atoms with Crippen LogP contribution in [0.25, 0.3) is 0 Å². The third-order valence-corrected chi connectivity index (χ3v) is 1.99. The van der Waals surface area contributed by atoms with Crippen molar-refractivity contribution < 1.29 is 13.9 Å². The number of ether oxygens (including phenoxy) is 2. The maximum absolute atomic E-state index is 12.6. The van der Waals surface area contributed by atoms with Crippen LogP contribution in [0.4, 0.5) is 4.39 Å². The van der Waals surface area contributed by atoms with Crippen LogP contribution in [-0.4, -0.2) is 25.3 Å². The molecule has 0 radical (unpaired) electrons. The number of nitrogens with zero attached hydrogens (tertiary/aromatic N) is 1. The maximum Gasteiger partial charge on any atom is 0.282 e. The van der Waals surface area contributed by atoms with Crippen molar-refractivity contribution in [3.8, 4) is 5.75 Å². The number of benzene rings is 1. The highest BCUT2D eigenvalue weighted by molar-refractivity contribution is 5.73. The number of hydrogen-bond donors (Lipinski definition) is 1. The highest BCUT2D eigenvalue weighted by atomic mass is 19.1. The van der Waals surface area contributed by atoms with Gasteiger partial charge < -0.3 is 15.2 Å². The van der Waals surface area contributed by atoms with Gasteiger partial charge in [0.2, 0.25) is 0 Å². The average Bonchev–Trinajstić information content (AvgIpc) is 2.64. The van der Waals surface area contributed by atoms with Gasteiger partial charge in [-0.3, -0.25) is 0 Å². The van der Waals surface area contributed by atoms with Gasteiger partial charge in [-0.15, -0.1) is 0 Å². The van der Waals surface area contributed by atoms with Crippen LogP contribution in [0.15, 0.2) is 29.3 Å². The van der Waals surface area contributed by atoms with Crippen LogP contribution in [0, 0.1) is 5.82 Å². The second-order valence-electron chi connectivity index (χ2n) is 3.20. The zero-order chi connectivity index (χ0) is 10.7. The van der Waals surface area contributed by atoms with E-state index in [1.54, 1.807) is 12.1 Å². The van der Waals surface area contributed by atoms with Crippen LogP contribution in [0.5, 0.6) is 5.75 Å². The van der Waals surface area contributed by atoms with Crippen LogP contribution < -0.4 is 10.5 Å². The van der Waals surface area contributed by atoms with E-state index in [0.717, 1.165) is 0 Å². The molecule has 0 amide bonds. The predicted molar refractivity (Wildman–Crippen MR) is 53.3 cm³/mol. The molecule has 80 valence electrons.